The third-order valence-electron chi connectivity index (χ3n) is 3.59. The molecule has 0 radical (unpaired) electrons. The fourth-order valence-electron chi connectivity index (χ4n) is 1.67. The molecule has 0 spiro atoms. The van der Waals surface area contributed by atoms with Crippen LogP contribution in [-0.4, -0.2) is 29.1 Å². The van der Waals surface area contributed by atoms with Gasteiger partial charge in [-0.2, -0.15) is 0 Å². The van der Waals surface area contributed by atoms with Crippen molar-refractivity contribution in [1.29, 1.82) is 0 Å². The average molecular weight is 313 g/mol. The van der Waals surface area contributed by atoms with Gasteiger partial charge >= 0.3 is 11.8 Å². The Kier molecular flexibility index (Phi) is 6.18. The second-order valence-electron chi connectivity index (χ2n) is 5.31. The molecule has 6 heteroatoms. The monoisotopic (exact) mass is 312 g/mol. The quantitative estimate of drug-likeness (QED) is 0.729. The Morgan fingerprint density at radius 2 is 1.86 bits per heavy atom. The molecule has 2 atom stereocenters. The molecule has 0 saturated heterocycles. The van der Waals surface area contributed by atoms with Crippen LogP contribution in [-0.2, 0) is 9.59 Å². The molecule has 1 rings (SSSR count). The van der Waals surface area contributed by atoms with E-state index >= 15 is 0 Å². The Bertz CT molecular complexity index is 500. The molecule has 0 heterocycles. The maximum Gasteiger partial charge on any atom is 0.313 e. The Balaban J connectivity index is 2.52. The van der Waals surface area contributed by atoms with E-state index in [4.69, 9.17) is 11.6 Å². The van der Waals surface area contributed by atoms with Gasteiger partial charge in [0.2, 0.25) is 0 Å². The lowest BCUT2D eigenvalue weighted by molar-refractivity contribution is -0.137. The van der Waals surface area contributed by atoms with E-state index in [0.29, 0.717) is 10.7 Å². The zero-order valence-electron chi connectivity index (χ0n) is 12.4. The molecule has 0 aliphatic heterocycles. The lowest BCUT2D eigenvalue weighted by atomic mass is 9.89. The summed E-state index contributed by atoms with van der Waals surface area (Å²) >= 11 is 5.73. The van der Waals surface area contributed by atoms with Gasteiger partial charge in [-0.15, -0.1) is 0 Å². The molecular weight excluding hydrogens is 292 g/mol. The van der Waals surface area contributed by atoms with Crippen LogP contribution in [0.3, 0.4) is 0 Å². The highest BCUT2D eigenvalue weighted by atomic mass is 35.5. The summed E-state index contributed by atoms with van der Waals surface area (Å²) in [5, 5.41) is 15.6. The number of amides is 2. The number of nitrogens with one attached hydrogen (secondary N) is 2. The first-order valence-electron chi connectivity index (χ1n) is 6.83. The number of carbonyl (C=O) groups excluding carboxylic acids is 2. The van der Waals surface area contributed by atoms with E-state index in [1.165, 1.54) is 0 Å². The van der Waals surface area contributed by atoms with Crippen LogP contribution in [0, 0.1) is 5.92 Å². The third-order valence-corrected chi connectivity index (χ3v) is 3.84. The second-order valence-corrected chi connectivity index (χ2v) is 5.75. The van der Waals surface area contributed by atoms with Crippen molar-refractivity contribution in [3.63, 3.8) is 0 Å². The summed E-state index contributed by atoms with van der Waals surface area (Å²) in [5.74, 6) is -1.55. The first kappa shape index (κ1) is 17.5. The molecule has 0 aliphatic rings. The number of anilines is 1. The van der Waals surface area contributed by atoms with Crippen LogP contribution >= 0.6 is 11.6 Å². The number of aliphatic hydroxyl groups is 1. The van der Waals surface area contributed by atoms with Gasteiger partial charge in [-0.25, -0.2) is 0 Å². The van der Waals surface area contributed by atoms with E-state index in [-0.39, 0.29) is 12.5 Å². The molecule has 0 aromatic heterocycles. The van der Waals surface area contributed by atoms with Crippen LogP contribution in [0.1, 0.15) is 27.2 Å². The molecule has 21 heavy (non-hydrogen) atoms. The predicted molar refractivity (Wildman–Crippen MR) is 83.2 cm³/mol. The summed E-state index contributed by atoms with van der Waals surface area (Å²) < 4.78 is 0. The van der Waals surface area contributed by atoms with Crippen molar-refractivity contribution >= 4 is 29.1 Å². The van der Waals surface area contributed by atoms with Crippen LogP contribution in [0.5, 0.6) is 0 Å². The number of rotatable bonds is 5. The normalized spacial score (nSPS) is 14.9. The zero-order valence-corrected chi connectivity index (χ0v) is 13.2. The summed E-state index contributed by atoms with van der Waals surface area (Å²) in [6, 6.07) is 6.43. The van der Waals surface area contributed by atoms with Crippen molar-refractivity contribution in [2.45, 2.75) is 32.8 Å². The van der Waals surface area contributed by atoms with Gasteiger partial charge in [-0.3, -0.25) is 9.59 Å². The smallest absolute Gasteiger partial charge is 0.313 e. The lowest BCUT2D eigenvalue weighted by Gasteiger charge is -2.29. The molecule has 1 aromatic carbocycles. The first-order chi connectivity index (χ1) is 9.76. The Morgan fingerprint density at radius 3 is 2.38 bits per heavy atom. The van der Waals surface area contributed by atoms with Gasteiger partial charge in [0.05, 0.1) is 5.60 Å². The van der Waals surface area contributed by atoms with E-state index < -0.39 is 17.4 Å². The number of carbonyl (C=O) groups is 2. The number of halogens is 1. The van der Waals surface area contributed by atoms with E-state index in [2.05, 4.69) is 10.6 Å². The molecule has 2 amide bonds. The third kappa shape index (κ3) is 5.36. The number of hydrogen-bond acceptors (Lipinski definition) is 3. The summed E-state index contributed by atoms with van der Waals surface area (Å²) in [5.41, 5.74) is -0.571. The molecule has 0 aliphatic carbocycles. The van der Waals surface area contributed by atoms with Crippen molar-refractivity contribution in [2.75, 3.05) is 11.9 Å². The van der Waals surface area contributed by atoms with E-state index in [1.54, 1.807) is 31.2 Å². The van der Waals surface area contributed by atoms with Crippen LogP contribution in [0.2, 0.25) is 5.02 Å². The topological polar surface area (TPSA) is 78.4 Å². The van der Waals surface area contributed by atoms with Crippen molar-refractivity contribution in [3.05, 3.63) is 29.3 Å². The maximum absolute atomic E-state index is 11.7. The molecule has 1 aromatic rings. The van der Waals surface area contributed by atoms with Gasteiger partial charge in [0.25, 0.3) is 0 Å². The minimum Gasteiger partial charge on any atom is -0.388 e. The summed E-state index contributed by atoms with van der Waals surface area (Å²) in [4.78, 5) is 23.4. The molecule has 3 N–H and O–H groups in total. The molecule has 0 bridgehead atoms. The van der Waals surface area contributed by atoms with Crippen molar-refractivity contribution in [1.82, 2.24) is 5.32 Å². The van der Waals surface area contributed by atoms with Crippen LogP contribution < -0.4 is 10.6 Å². The first-order valence-corrected chi connectivity index (χ1v) is 7.21. The van der Waals surface area contributed by atoms with Gasteiger partial charge in [-0.05, 0) is 37.1 Å². The Morgan fingerprint density at radius 1 is 1.29 bits per heavy atom. The Hall–Kier alpha value is -1.59. The number of benzene rings is 1. The molecule has 0 saturated carbocycles. The van der Waals surface area contributed by atoms with Crippen LogP contribution in [0.15, 0.2) is 24.3 Å². The van der Waals surface area contributed by atoms with E-state index in [1.807, 2.05) is 13.8 Å². The van der Waals surface area contributed by atoms with Gasteiger partial charge in [-0.1, -0.05) is 31.9 Å². The van der Waals surface area contributed by atoms with Crippen molar-refractivity contribution in [3.8, 4) is 0 Å². The fourth-order valence-corrected chi connectivity index (χ4v) is 1.80. The zero-order chi connectivity index (χ0) is 16.0. The molecular formula is C15H21ClN2O3. The summed E-state index contributed by atoms with van der Waals surface area (Å²) in [7, 11) is 0. The van der Waals surface area contributed by atoms with Crippen molar-refractivity contribution in [2.24, 2.45) is 5.92 Å². The van der Waals surface area contributed by atoms with Gasteiger partial charge in [0.15, 0.2) is 0 Å². The highest BCUT2D eigenvalue weighted by Gasteiger charge is 2.28. The second kappa shape index (κ2) is 7.43. The summed E-state index contributed by atoms with van der Waals surface area (Å²) in [6.45, 7) is 5.50. The van der Waals surface area contributed by atoms with E-state index in [0.717, 1.165) is 6.42 Å². The highest BCUT2D eigenvalue weighted by molar-refractivity contribution is 6.39. The van der Waals surface area contributed by atoms with E-state index in [9.17, 15) is 14.7 Å². The standard InChI is InChI=1S/C15H21ClN2O3/c1-4-10(2)15(3,21)9-17-13(19)14(20)18-12-7-5-11(16)6-8-12/h5-8,10,21H,4,9H2,1-3H3,(H,17,19)(H,18,20)/t10-,15-/m0/s1. The van der Waals surface area contributed by atoms with Crippen LogP contribution in [0.25, 0.3) is 0 Å². The maximum atomic E-state index is 11.7. The Labute approximate surface area is 129 Å². The largest absolute Gasteiger partial charge is 0.388 e. The molecule has 5 nitrogen and oxygen atoms in total. The molecule has 116 valence electrons. The number of hydrogen-bond donors (Lipinski definition) is 3. The average Bonchev–Trinajstić information content (AvgIpc) is 2.46. The van der Waals surface area contributed by atoms with Gasteiger partial charge < -0.3 is 15.7 Å². The molecule has 0 fully saturated rings. The summed E-state index contributed by atoms with van der Waals surface area (Å²) in [6.07, 6.45) is 0.778. The minimum absolute atomic E-state index is 0.0112. The SMILES string of the molecule is CC[C@H](C)[C@@](C)(O)CNC(=O)C(=O)Nc1ccc(Cl)cc1. The predicted octanol–water partition coefficient (Wildman–Crippen LogP) is 2.19. The van der Waals surface area contributed by atoms with Gasteiger partial charge in [0, 0.05) is 17.3 Å². The highest BCUT2D eigenvalue weighted by Crippen LogP contribution is 2.18. The van der Waals surface area contributed by atoms with Crippen molar-refractivity contribution < 1.29 is 14.7 Å². The van der Waals surface area contributed by atoms with Gasteiger partial charge in [0.1, 0.15) is 0 Å². The lowest BCUT2D eigenvalue weighted by Crippen LogP contribution is -2.47. The fraction of sp³-hybridized carbons (Fsp3) is 0.467. The molecule has 0 unspecified atom stereocenters. The minimum atomic E-state index is -1.05. The van der Waals surface area contributed by atoms with Crippen LogP contribution in [0.4, 0.5) is 5.69 Å².